The summed E-state index contributed by atoms with van der Waals surface area (Å²) < 4.78 is 0. The van der Waals surface area contributed by atoms with E-state index in [9.17, 15) is 4.79 Å². The van der Waals surface area contributed by atoms with E-state index in [1.54, 1.807) is 23.3 Å². The molecule has 0 aliphatic carbocycles. The van der Waals surface area contributed by atoms with Gasteiger partial charge in [0.15, 0.2) is 0 Å². The van der Waals surface area contributed by atoms with Gasteiger partial charge in [-0.1, -0.05) is 36.4 Å². The third kappa shape index (κ3) is 3.91. The highest BCUT2D eigenvalue weighted by Crippen LogP contribution is 2.12. The minimum absolute atomic E-state index is 0.0164. The first kappa shape index (κ1) is 13.8. The quantitative estimate of drug-likeness (QED) is 0.909. The fourth-order valence-corrected chi connectivity index (χ4v) is 2.71. The third-order valence-electron chi connectivity index (χ3n) is 2.96. The lowest BCUT2D eigenvalue weighted by Gasteiger charge is -2.20. The first-order valence-corrected chi connectivity index (χ1v) is 7.11. The van der Waals surface area contributed by atoms with E-state index in [1.165, 1.54) is 4.88 Å². The molecule has 2 N–H and O–H groups in total. The fourth-order valence-electron chi connectivity index (χ4n) is 1.95. The zero-order valence-corrected chi connectivity index (χ0v) is 11.8. The number of amides is 1. The summed E-state index contributed by atoms with van der Waals surface area (Å²) in [7, 11) is 1.80. The molecule has 0 aliphatic heterocycles. The van der Waals surface area contributed by atoms with Crippen molar-refractivity contribution in [1.29, 1.82) is 0 Å². The lowest BCUT2D eigenvalue weighted by molar-refractivity contribution is -0.131. The van der Waals surface area contributed by atoms with Crippen molar-refractivity contribution >= 4 is 17.2 Å². The summed E-state index contributed by atoms with van der Waals surface area (Å²) in [4.78, 5) is 15.0. The van der Waals surface area contributed by atoms with E-state index in [2.05, 4.69) is 0 Å². The normalized spacial score (nSPS) is 12.1. The lowest BCUT2D eigenvalue weighted by atomic mass is 10.1. The van der Waals surface area contributed by atoms with Crippen LogP contribution in [-0.4, -0.2) is 23.9 Å². The van der Waals surface area contributed by atoms with Gasteiger partial charge in [0.2, 0.25) is 5.91 Å². The van der Waals surface area contributed by atoms with Gasteiger partial charge < -0.3 is 10.6 Å². The van der Waals surface area contributed by atoms with Crippen LogP contribution in [0.2, 0.25) is 0 Å². The minimum atomic E-state index is -0.479. The summed E-state index contributed by atoms with van der Waals surface area (Å²) in [6, 6.07) is 13.4. The van der Waals surface area contributed by atoms with Crippen molar-refractivity contribution in [3.8, 4) is 0 Å². The number of thiophene rings is 1. The van der Waals surface area contributed by atoms with Crippen molar-refractivity contribution in [2.24, 2.45) is 5.73 Å². The van der Waals surface area contributed by atoms with Gasteiger partial charge in [0, 0.05) is 11.9 Å². The maximum Gasteiger partial charge on any atom is 0.239 e. The molecular formula is C15H18N2OS. The predicted molar refractivity (Wildman–Crippen MR) is 78.9 cm³/mol. The first-order valence-electron chi connectivity index (χ1n) is 6.23. The molecular weight excluding hydrogens is 256 g/mol. The van der Waals surface area contributed by atoms with Crippen molar-refractivity contribution in [1.82, 2.24) is 4.90 Å². The third-order valence-corrected chi connectivity index (χ3v) is 3.83. The van der Waals surface area contributed by atoms with Crippen molar-refractivity contribution < 1.29 is 4.79 Å². The van der Waals surface area contributed by atoms with Gasteiger partial charge in [-0.3, -0.25) is 4.79 Å². The molecule has 3 nitrogen and oxygen atoms in total. The molecule has 0 saturated heterocycles. The standard InChI is InChI=1S/C15H18N2OS/c1-17(11-13-8-5-9-19-13)15(18)14(16)10-12-6-3-2-4-7-12/h2-9,14H,10-11,16H2,1H3/t14-/m0/s1. The number of likely N-dealkylation sites (N-methyl/N-ethyl adjacent to an activating group) is 1. The van der Waals surface area contributed by atoms with Crippen LogP contribution in [0, 0.1) is 0 Å². The zero-order valence-electron chi connectivity index (χ0n) is 11.0. The molecule has 0 spiro atoms. The molecule has 2 rings (SSSR count). The number of benzene rings is 1. The molecule has 0 aliphatic rings. The van der Waals surface area contributed by atoms with Crippen LogP contribution in [0.3, 0.4) is 0 Å². The molecule has 100 valence electrons. The van der Waals surface area contributed by atoms with Crippen LogP contribution in [0.15, 0.2) is 47.8 Å². The first-order chi connectivity index (χ1) is 9.16. The highest BCUT2D eigenvalue weighted by molar-refractivity contribution is 7.09. The Labute approximate surface area is 117 Å². The van der Waals surface area contributed by atoms with E-state index in [1.807, 2.05) is 47.8 Å². The zero-order chi connectivity index (χ0) is 13.7. The Morgan fingerprint density at radius 2 is 2.00 bits per heavy atom. The topological polar surface area (TPSA) is 46.3 Å². The predicted octanol–water partition coefficient (Wildman–Crippen LogP) is 2.28. The van der Waals surface area contributed by atoms with Crippen molar-refractivity contribution in [2.45, 2.75) is 19.0 Å². The number of hydrogen-bond acceptors (Lipinski definition) is 3. The Hall–Kier alpha value is -1.65. The summed E-state index contributed by atoms with van der Waals surface area (Å²) in [5.41, 5.74) is 7.08. The van der Waals surface area contributed by atoms with Crippen LogP contribution in [0.1, 0.15) is 10.4 Å². The van der Waals surface area contributed by atoms with Crippen molar-refractivity contribution in [3.63, 3.8) is 0 Å². The van der Waals surface area contributed by atoms with E-state index >= 15 is 0 Å². The molecule has 1 heterocycles. The number of carbonyl (C=O) groups is 1. The Morgan fingerprint density at radius 1 is 1.26 bits per heavy atom. The van der Waals surface area contributed by atoms with Crippen LogP contribution < -0.4 is 5.73 Å². The second-order valence-electron chi connectivity index (χ2n) is 4.57. The summed E-state index contributed by atoms with van der Waals surface area (Å²) in [6.07, 6.45) is 0.578. The molecule has 0 saturated carbocycles. The highest BCUT2D eigenvalue weighted by Gasteiger charge is 2.18. The Kier molecular flexibility index (Phi) is 4.71. The molecule has 0 unspecified atom stereocenters. The van der Waals surface area contributed by atoms with Crippen LogP contribution in [0.4, 0.5) is 0 Å². The number of hydrogen-bond donors (Lipinski definition) is 1. The molecule has 1 amide bonds. The molecule has 1 aromatic heterocycles. The van der Waals surface area contributed by atoms with Crippen molar-refractivity contribution in [3.05, 3.63) is 58.3 Å². The van der Waals surface area contributed by atoms with Crippen LogP contribution in [0.5, 0.6) is 0 Å². The van der Waals surface area contributed by atoms with Crippen LogP contribution in [-0.2, 0) is 17.8 Å². The maximum atomic E-state index is 12.2. The Bertz CT molecular complexity index is 510. The van der Waals surface area contributed by atoms with Gasteiger partial charge in [0.05, 0.1) is 12.6 Å². The lowest BCUT2D eigenvalue weighted by Crippen LogP contribution is -2.42. The second kappa shape index (κ2) is 6.50. The smallest absolute Gasteiger partial charge is 0.239 e. The van der Waals surface area contributed by atoms with Crippen LogP contribution in [0.25, 0.3) is 0 Å². The average Bonchev–Trinajstić information content (AvgIpc) is 2.91. The molecule has 0 fully saturated rings. The molecule has 0 radical (unpaired) electrons. The average molecular weight is 274 g/mol. The summed E-state index contributed by atoms with van der Waals surface area (Å²) >= 11 is 1.65. The number of nitrogens with two attached hydrogens (primary N) is 1. The van der Waals surface area contributed by atoms with Gasteiger partial charge in [-0.05, 0) is 23.4 Å². The fraction of sp³-hybridized carbons (Fsp3) is 0.267. The number of nitrogens with zero attached hydrogens (tertiary/aromatic N) is 1. The largest absolute Gasteiger partial charge is 0.339 e. The molecule has 0 bridgehead atoms. The van der Waals surface area contributed by atoms with E-state index in [4.69, 9.17) is 5.73 Å². The monoisotopic (exact) mass is 274 g/mol. The van der Waals surface area contributed by atoms with Gasteiger partial charge in [-0.2, -0.15) is 0 Å². The van der Waals surface area contributed by atoms with E-state index in [0.29, 0.717) is 13.0 Å². The second-order valence-corrected chi connectivity index (χ2v) is 5.60. The molecule has 1 aromatic carbocycles. The molecule has 1 atom stereocenters. The number of carbonyl (C=O) groups excluding carboxylic acids is 1. The summed E-state index contributed by atoms with van der Waals surface area (Å²) in [6.45, 7) is 0.624. The van der Waals surface area contributed by atoms with Gasteiger partial charge >= 0.3 is 0 Å². The summed E-state index contributed by atoms with van der Waals surface area (Å²) in [5.74, 6) is -0.0164. The van der Waals surface area contributed by atoms with E-state index in [-0.39, 0.29) is 5.91 Å². The molecule has 2 aromatic rings. The molecule has 4 heteroatoms. The molecule has 19 heavy (non-hydrogen) atoms. The Morgan fingerprint density at radius 3 is 2.63 bits per heavy atom. The van der Waals surface area contributed by atoms with Gasteiger partial charge in [0.25, 0.3) is 0 Å². The number of rotatable bonds is 5. The highest BCUT2D eigenvalue weighted by atomic mass is 32.1. The van der Waals surface area contributed by atoms with Gasteiger partial charge in [0.1, 0.15) is 0 Å². The van der Waals surface area contributed by atoms with Gasteiger partial charge in [-0.25, -0.2) is 0 Å². The van der Waals surface area contributed by atoms with E-state index in [0.717, 1.165) is 5.56 Å². The SMILES string of the molecule is CN(Cc1cccs1)C(=O)[C@@H](N)Cc1ccccc1. The van der Waals surface area contributed by atoms with Crippen LogP contribution >= 0.6 is 11.3 Å². The van der Waals surface area contributed by atoms with Crippen molar-refractivity contribution in [2.75, 3.05) is 7.05 Å². The van der Waals surface area contributed by atoms with E-state index < -0.39 is 6.04 Å². The minimum Gasteiger partial charge on any atom is -0.339 e. The maximum absolute atomic E-state index is 12.2. The Balaban J connectivity index is 1.91. The van der Waals surface area contributed by atoms with Gasteiger partial charge in [-0.15, -0.1) is 11.3 Å². The summed E-state index contributed by atoms with van der Waals surface area (Å²) in [5, 5.41) is 2.01.